The molecule has 0 fully saturated rings. The number of rotatable bonds is 7. The molecule has 2 N–H and O–H groups in total. The molecule has 9 heteroatoms. The zero-order valence-corrected chi connectivity index (χ0v) is 19.0. The fourth-order valence-corrected chi connectivity index (χ4v) is 4.63. The van der Waals surface area contributed by atoms with Crippen LogP contribution in [-0.4, -0.2) is 29.1 Å². The maximum absolute atomic E-state index is 12.8. The second-order valence-corrected chi connectivity index (χ2v) is 9.26. The number of hydrogen-bond donors (Lipinski definition) is 2. The lowest BCUT2D eigenvalue weighted by Crippen LogP contribution is -2.23. The van der Waals surface area contributed by atoms with E-state index in [2.05, 4.69) is 20.1 Å². The Morgan fingerprint density at radius 2 is 1.82 bits per heavy atom. The third-order valence-electron chi connectivity index (χ3n) is 5.03. The smallest absolute Gasteiger partial charge is 0.262 e. The van der Waals surface area contributed by atoms with Crippen LogP contribution in [0.1, 0.15) is 27.0 Å². The molecular weight excluding hydrogens is 438 g/mol. The number of hydrogen-bond acceptors (Lipinski definition) is 5. The number of sulfonamides is 1. The van der Waals surface area contributed by atoms with E-state index in [0.717, 1.165) is 11.1 Å². The molecule has 4 rings (SSSR count). The Hall–Kier alpha value is -3.98. The van der Waals surface area contributed by atoms with Gasteiger partial charge in [0, 0.05) is 36.4 Å². The van der Waals surface area contributed by atoms with Crippen LogP contribution in [0.4, 0.5) is 5.69 Å². The van der Waals surface area contributed by atoms with E-state index in [4.69, 9.17) is 0 Å². The van der Waals surface area contributed by atoms with Gasteiger partial charge in [0.25, 0.3) is 15.9 Å². The van der Waals surface area contributed by atoms with E-state index < -0.39 is 10.0 Å². The van der Waals surface area contributed by atoms with Crippen LogP contribution < -0.4 is 10.0 Å². The minimum Gasteiger partial charge on any atom is -0.348 e. The third-order valence-corrected chi connectivity index (χ3v) is 6.56. The van der Waals surface area contributed by atoms with E-state index in [-0.39, 0.29) is 10.8 Å². The van der Waals surface area contributed by atoms with E-state index in [1.165, 1.54) is 0 Å². The Morgan fingerprint density at radius 1 is 1.03 bits per heavy atom. The van der Waals surface area contributed by atoms with Crippen LogP contribution in [-0.2, 0) is 16.6 Å². The summed E-state index contributed by atoms with van der Waals surface area (Å²) in [5.41, 5.74) is 3.17. The maximum Gasteiger partial charge on any atom is 0.262 e. The molecule has 0 aliphatic carbocycles. The summed E-state index contributed by atoms with van der Waals surface area (Å²) in [6.45, 7) is 3.91. The Bertz CT molecular complexity index is 1360. The summed E-state index contributed by atoms with van der Waals surface area (Å²) in [7, 11) is -3.73. The predicted molar refractivity (Wildman–Crippen MR) is 126 cm³/mol. The van der Waals surface area contributed by atoms with Crippen molar-refractivity contribution in [2.75, 3.05) is 4.72 Å². The normalized spacial score (nSPS) is 11.2. The van der Waals surface area contributed by atoms with Gasteiger partial charge in [0.1, 0.15) is 0 Å². The summed E-state index contributed by atoms with van der Waals surface area (Å²) in [5.74, 6) is 0.420. The number of aromatic nitrogens is 3. The van der Waals surface area contributed by atoms with Gasteiger partial charge < -0.3 is 5.32 Å². The van der Waals surface area contributed by atoms with Gasteiger partial charge in [-0.3, -0.25) is 9.52 Å². The van der Waals surface area contributed by atoms with Gasteiger partial charge in [-0.15, -0.1) is 0 Å². The second-order valence-electron chi connectivity index (χ2n) is 7.61. The van der Waals surface area contributed by atoms with Crippen molar-refractivity contribution in [3.05, 3.63) is 102 Å². The molecule has 168 valence electrons. The summed E-state index contributed by atoms with van der Waals surface area (Å²) < 4.78 is 29.7. The van der Waals surface area contributed by atoms with Crippen LogP contribution in [0, 0.1) is 13.8 Å². The fourth-order valence-electron chi connectivity index (χ4n) is 3.24. The molecule has 0 saturated carbocycles. The number of amides is 1. The molecule has 0 aliphatic heterocycles. The summed E-state index contributed by atoms with van der Waals surface area (Å²) >= 11 is 0. The molecule has 4 aromatic rings. The largest absolute Gasteiger partial charge is 0.348 e. The van der Waals surface area contributed by atoms with Crippen molar-refractivity contribution in [2.24, 2.45) is 0 Å². The first-order chi connectivity index (χ1) is 15.8. The number of nitrogens with zero attached hydrogens (tertiary/aromatic N) is 3. The van der Waals surface area contributed by atoms with Crippen LogP contribution in [0.25, 0.3) is 5.82 Å². The molecule has 0 unspecified atom stereocenters. The first-order valence-corrected chi connectivity index (χ1v) is 11.7. The van der Waals surface area contributed by atoms with Crippen molar-refractivity contribution < 1.29 is 13.2 Å². The van der Waals surface area contributed by atoms with E-state index >= 15 is 0 Å². The molecule has 33 heavy (non-hydrogen) atoms. The van der Waals surface area contributed by atoms with Crippen LogP contribution >= 0.6 is 0 Å². The highest BCUT2D eigenvalue weighted by molar-refractivity contribution is 7.92. The van der Waals surface area contributed by atoms with Crippen molar-refractivity contribution in [3.63, 3.8) is 0 Å². The predicted octanol–water partition coefficient (Wildman–Crippen LogP) is 3.61. The Kier molecular flexibility index (Phi) is 6.23. The molecule has 0 radical (unpaired) electrons. The number of carbonyl (C=O) groups excluding carboxylic acids is 1. The Morgan fingerprint density at radius 3 is 2.48 bits per heavy atom. The Labute approximate surface area is 192 Å². The zero-order chi connectivity index (χ0) is 23.4. The van der Waals surface area contributed by atoms with E-state index in [1.54, 1.807) is 66.6 Å². The van der Waals surface area contributed by atoms with E-state index in [1.807, 2.05) is 31.2 Å². The van der Waals surface area contributed by atoms with Gasteiger partial charge in [0.15, 0.2) is 5.82 Å². The molecule has 2 heterocycles. The highest BCUT2D eigenvalue weighted by atomic mass is 32.2. The molecule has 2 aromatic carbocycles. The summed E-state index contributed by atoms with van der Waals surface area (Å²) in [6, 6.07) is 17.1. The topological polar surface area (TPSA) is 106 Å². The zero-order valence-electron chi connectivity index (χ0n) is 18.2. The number of pyridine rings is 1. The lowest BCUT2D eigenvalue weighted by Gasteiger charge is -2.12. The highest BCUT2D eigenvalue weighted by Crippen LogP contribution is 2.21. The minimum absolute atomic E-state index is 0.233. The number of anilines is 1. The van der Waals surface area contributed by atoms with Crippen LogP contribution in [0.5, 0.6) is 0 Å². The fraction of sp³-hybridized carbons (Fsp3) is 0.125. The summed E-state index contributed by atoms with van der Waals surface area (Å²) in [4.78, 5) is 17.1. The van der Waals surface area contributed by atoms with Crippen molar-refractivity contribution >= 4 is 21.6 Å². The van der Waals surface area contributed by atoms with Crippen molar-refractivity contribution in [1.82, 2.24) is 20.1 Å². The highest BCUT2D eigenvalue weighted by Gasteiger charge is 2.17. The lowest BCUT2D eigenvalue weighted by molar-refractivity contribution is 0.0951. The molecule has 0 atom stereocenters. The average Bonchev–Trinajstić information content (AvgIpc) is 3.34. The first-order valence-electron chi connectivity index (χ1n) is 10.3. The monoisotopic (exact) mass is 461 g/mol. The van der Waals surface area contributed by atoms with Gasteiger partial charge in [-0.25, -0.2) is 18.1 Å². The molecule has 8 nitrogen and oxygen atoms in total. The molecule has 1 amide bonds. The van der Waals surface area contributed by atoms with Crippen molar-refractivity contribution in [2.45, 2.75) is 25.3 Å². The standard InChI is InChI=1S/C24H23N5O3S/c1-17-4-5-18(2)22(14-17)33(31,32)28-21-9-7-20(8-10-21)24(30)26-16-19-6-11-23(25-15-19)29-13-3-12-27-29/h3-15,28H,16H2,1-2H3,(H,26,30). The molecule has 0 spiro atoms. The number of aryl methyl sites for hydroxylation is 2. The molecule has 0 saturated heterocycles. The van der Waals surface area contributed by atoms with Gasteiger partial charge in [-0.1, -0.05) is 18.2 Å². The van der Waals surface area contributed by atoms with Gasteiger partial charge in [-0.05, 0) is 73.0 Å². The van der Waals surface area contributed by atoms with Crippen LogP contribution in [0.15, 0.2) is 84.1 Å². The SMILES string of the molecule is Cc1ccc(C)c(S(=O)(=O)Nc2ccc(C(=O)NCc3ccc(-n4cccn4)nc3)cc2)c1. The quantitative estimate of drug-likeness (QED) is 0.437. The van der Waals surface area contributed by atoms with Gasteiger partial charge >= 0.3 is 0 Å². The van der Waals surface area contributed by atoms with Crippen molar-refractivity contribution in [3.8, 4) is 5.82 Å². The maximum atomic E-state index is 12.8. The van der Waals surface area contributed by atoms with E-state index in [9.17, 15) is 13.2 Å². The Balaban J connectivity index is 1.37. The third kappa shape index (κ3) is 5.27. The molecule has 0 bridgehead atoms. The minimum atomic E-state index is -3.73. The number of benzene rings is 2. The molecule has 2 aromatic heterocycles. The first kappa shape index (κ1) is 22.2. The van der Waals surface area contributed by atoms with Crippen LogP contribution in [0.3, 0.4) is 0 Å². The number of carbonyl (C=O) groups is 1. The summed E-state index contributed by atoms with van der Waals surface area (Å²) in [5, 5.41) is 6.96. The lowest BCUT2D eigenvalue weighted by atomic mass is 10.2. The van der Waals surface area contributed by atoms with Gasteiger partial charge in [0.2, 0.25) is 0 Å². The van der Waals surface area contributed by atoms with E-state index in [0.29, 0.717) is 29.2 Å². The van der Waals surface area contributed by atoms with Crippen LogP contribution in [0.2, 0.25) is 0 Å². The second kappa shape index (κ2) is 9.25. The number of nitrogens with one attached hydrogen (secondary N) is 2. The molecular formula is C24H23N5O3S. The van der Waals surface area contributed by atoms with Gasteiger partial charge in [-0.2, -0.15) is 5.10 Å². The van der Waals surface area contributed by atoms with Crippen molar-refractivity contribution in [1.29, 1.82) is 0 Å². The van der Waals surface area contributed by atoms with Gasteiger partial charge in [0.05, 0.1) is 4.90 Å². The molecule has 0 aliphatic rings. The summed E-state index contributed by atoms with van der Waals surface area (Å²) in [6.07, 6.45) is 5.16. The average molecular weight is 462 g/mol.